The Morgan fingerprint density at radius 1 is 1.30 bits per heavy atom. The van der Waals surface area contributed by atoms with Crippen molar-refractivity contribution >= 4 is 11.6 Å². The fourth-order valence-corrected chi connectivity index (χ4v) is 4.00. The Kier molecular flexibility index (Phi) is 4.47. The molecule has 1 N–H and O–H groups in total. The van der Waals surface area contributed by atoms with Crippen molar-refractivity contribution < 1.29 is 5.11 Å². The zero-order valence-corrected chi connectivity index (χ0v) is 14.5. The second-order valence-electron chi connectivity index (χ2n) is 7.32. The van der Waals surface area contributed by atoms with E-state index >= 15 is 0 Å². The van der Waals surface area contributed by atoms with Crippen LogP contribution in [0.3, 0.4) is 0 Å². The largest absolute Gasteiger partial charge is 0.387 e. The lowest BCUT2D eigenvalue weighted by molar-refractivity contribution is -0.150. The summed E-state index contributed by atoms with van der Waals surface area (Å²) >= 11 is 5.98. The van der Waals surface area contributed by atoms with Gasteiger partial charge in [0.25, 0.3) is 0 Å². The third kappa shape index (κ3) is 3.29. The number of hydrogen-bond donors (Lipinski definition) is 1. The first-order chi connectivity index (χ1) is 10.9. The molecule has 1 aromatic heterocycles. The first kappa shape index (κ1) is 16.5. The Labute approximate surface area is 142 Å². The van der Waals surface area contributed by atoms with Gasteiger partial charge in [0.15, 0.2) is 0 Å². The van der Waals surface area contributed by atoms with Crippen LogP contribution in [0.1, 0.15) is 38.7 Å². The van der Waals surface area contributed by atoms with Crippen molar-refractivity contribution in [1.82, 2.24) is 14.8 Å². The molecule has 0 unspecified atom stereocenters. The summed E-state index contributed by atoms with van der Waals surface area (Å²) in [7, 11) is 0. The lowest BCUT2D eigenvalue weighted by Crippen LogP contribution is -2.56. The van der Waals surface area contributed by atoms with Crippen LogP contribution in [0, 0.1) is 11.3 Å². The second kappa shape index (κ2) is 6.25. The molecule has 23 heavy (non-hydrogen) atoms. The first-order valence-corrected chi connectivity index (χ1v) is 8.58. The Hall–Kier alpha value is -1.39. The van der Waals surface area contributed by atoms with Gasteiger partial charge in [-0.2, -0.15) is 5.10 Å². The van der Waals surface area contributed by atoms with Gasteiger partial charge in [0, 0.05) is 5.02 Å². The highest BCUT2D eigenvalue weighted by Gasteiger charge is 2.51. The van der Waals surface area contributed by atoms with E-state index in [-0.39, 0.29) is 11.3 Å². The average Bonchev–Trinajstić information content (AvgIpc) is 2.99. The van der Waals surface area contributed by atoms with Gasteiger partial charge in [0.05, 0.1) is 12.1 Å². The van der Waals surface area contributed by atoms with E-state index in [1.54, 1.807) is 11.0 Å². The standard InChI is InChI=1S/C18H24ClN3O/c1-17(2)9-3-4-15(10-14-5-7-16(19)8-6-14)18(17,23)11-22-13-20-12-21-22/h5-8,12-13,15,23H,3-4,9-11H2,1-2H3/t15-,18-/m1/s1. The molecule has 4 nitrogen and oxygen atoms in total. The van der Waals surface area contributed by atoms with Gasteiger partial charge < -0.3 is 5.11 Å². The molecule has 1 fully saturated rings. The molecule has 124 valence electrons. The average molecular weight is 334 g/mol. The molecular formula is C18H24ClN3O. The summed E-state index contributed by atoms with van der Waals surface area (Å²) in [6.45, 7) is 4.81. The van der Waals surface area contributed by atoms with Crippen LogP contribution < -0.4 is 0 Å². The SMILES string of the molecule is CC1(C)CCC[C@H](Cc2ccc(Cl)cc2)[C@]1(O)Cn1cncn1. The molecular weight excluding hydrogens is 310 g/mol. The number of rotatable bonds is 4. The van der Waals surface area contributed by atoms with E-state index in [4.69, 9.17) is 11.6 Å². The zero-order valence-electron chi connectivity index (χ0n) is 13.7. The van der Waals surface area contributed by atoms with Gasteiger partial charge >= 0.3 is 0 Å². The molecule has 0 spiro atoms. The number of halogens is 1. The molecule has 0 bridgehead atoms. The van der Waals surface area contributed by atoms with E-state index in [1.807, 2.05) is 12.1 Å². The van der Waals surface area contributed by atoms with Crippen LogP contribution in [0.5, 0.6) is 0 Å². The highest BCUT2D eigenvalue weighted by molar-refractivity contribution is 6.30. The minimum absolute atomic E-state index is 0.158. The molecule has 2 aromatic rings. The van der Waals surface area contributed by atoms with Crippen LogP contribution in [-0.4, -0.2) is 25.5 Å². The maximum atomic E-state index is 11.6. The number of nitrogens with zero attached hydrogens (tertiary/aromatic N) is 3. The van der Waals surface area contributed by atoms with E-state index in [2.05, 4.69) is 36.1 Å². The van der Waals surface area contributed by atoms with Crippen LogP contribution in [-0.2, 0) is 13.0 Å². The summed E-state index contributed by atoms with van der Waals surface area (Å²) in [5, 5.41) is 16.6. The summed E-state index contributed by atoms with van der Waals surface area (Å²) in [5.41, 5.74) is 0.251. The summed E-state index contributed by atoms with van der Waals surface area (Å²) in [5.74, 6) is 0.191. The van der Waals surface area contributed by atoms with Gasteiger partial charge in [0.1, 0.15) is 12.7 Å². The third-order valence-corrected chi connectivity index (χ3v) is 5.72. The summed E-state index contributed by atoms with van der Waals surface area (Å²) in [6.07, 6.45) is 7.25. The van der Waals surface area contributed by atoms with E-state index in [1.165, 1.54) is 11.9 Å². The van der Waals surface area contributed by atoms with Gasteiger partial charge in [-0.1, -0.05) is 44.0 Å². The van der Waals surface area contributed by atoms with Crippen LogP contribution >= 0.6 is 11.6 Å². The quantitative estimate of drug-likeness (QED) is 0.927. The van der Waals surface area contributed by atoms with Crippen LogP contribution in [0.15, 0.2) is 36.9 Å². The van der Waals surface area contributed by atoms with Crippen molar-refractivity contribution in [3.05, 3.63) is 47.5 Å². The van der Waals surface area contributed by atoms with E-state index < -0.39 is 5.60 Å². The highest BCUT2D eigenvalue weighted by atomic mass is 35.5. The lowest BCUT2D eigenvalue weighted by atomic mass is 9.59. The second-order valence-corrected chi connectivity index (χ2v) is 7.76. The topological polar surface area (TPSA) is 50.9 Å². The Balaban J connectivity index is 1.87. The molecule has 0 amide bonds. The van der Waals surface area contributed by atoms with Gasteiger partial charge in [0.2, 0.25) is 0 Å². The van der Waals surface area contributed by atoms with E-state index in [0.717, 1.165) is 30.7 Å². The molecule has 3 rings (SSSR count). The monoisotopic (exact) mass is 333 g/mol. The number of aliphatic hydroxyl groups is 1. The van der Waals surface area contributed by atoms with E-state index in [9.17, 15) is 5.11 Å². The molecule has 5 heteroatoms. The van der Waals surface area contributed by atoms with Gasteiger partial charge in [-0.15, -0.1) is 0 Å². The fourth-order valence-electron chi connectivity index (χ4n) is 3.88. The highest BCUT2D eigenvalue weighted by Crippen LogP contribution is 2.49. The van der Waals surface area contributed by atoms with Crippen LogP contribution in [0.2, 0.25) is 5.02 Å². The zero-order chi connectivity index (χ0) is 16.5. The van der Waals surface area contributed by atoms with Crippen molar-refractivity contribution in [2.24, 2.45) is 11.3 Å². The molecule has 0 aliphatic heterocycles. The number of hydrogen-bond acceptors (Lipinski definition) is 3. The fraction of sp³-hybridized carbons (Fsp3) is 0.556. The predicted octanol–water partition coefficient (Wildman–Crippen LogP) is 3.73. The van der Waals surface area contributed by atoms with Crippen LogP contribution in [0.25, 0.3) is 0 Å². The van der Waals surface area contributed by atoms with Crippen molar-refractivity contribution in [1.29, 1.82) is 0 Å². The lowest BCUT2D eigenvalue weighted by Gasteiger charge is -2.51. The minimum Gasteiger partial charge on any atom is -0.387 e. The molecule has 1 aliphatic rings. The third-order valence-electron chi connectivity index (χ3n) is 5.47. The summed E-state index contributed by atoms with van der Waals surface area (Å²) in [6, 6.07) is 7.95. The molecule has 1 saturated carbocycles. The Bertz CT molecular complexity index is 639. The van der Waals surface area contributed by atoms with Gasteiger partial charge in [-0.05, 0) is 48.3 Å². The first-order valence-electron chi connectivity index (χ1n) is 8.20. The summed E-state index contributed by atoms with van der Waals surface area (Å²) in [4.78, 5) is 4.01. The Morgan fingerprint density at radius 2 is 2.04 bits per heavy atom. The predicted molar refractivity (Wildman–Crippen MR) is 91.2 cm³/mol. The number of aromatic nitrogens is 3. The minimum atomic E-state index is -0.807. The molecule has 0 radical (unpaired) electrons. The molecule has 0 saturated heterocycles. The summed E-state index contributed by atoms with van der Waals surface area (Å²) < 4.78 is 1.75. The molecule has 1 aromatic carbocycles. The van der Waals surface area contributed by atoms with Gasteiger partial charge in [-0.25, -0.2) is 4.98 Å². The molecule has 2 atom stereocenters. The van der Waals surface area contributed by atoms with Crippen molar-refractivity contribution in [3.8, 4) is 0 Å². The van der Waals surface area contributed by atoms with E-state index in [0.29, 0.717) is 6.54 Å². The smallest absolute Gasteiger partial charge is 0.137 e. The van der Waals surface area contributed by atoms with Crippen molar-refractivity contribution in [2.75, 3.05) is 0 Å². The van der Waals surface area contributed by atoms with Crippen LogP contribution in [0.4, 0.5) is 0 Å². The maximum Gasteiger partial charge on any atom is 0.137 e. The Morgan fingerprint density at radius 3 is 2.70 bits per heavy atom. The van der Waals surface area contributed by atoms with Crippen molar-refractivity contribution in [2.45, 2.75) is 51.7 Å². The number of benzene rings is 1. The molecule has 1 aliphatic carbocycles. The molecule has 1 heterocycles. The van der Waals surface area contributed by atoms with Crippen molar-refractivity contribution in [3.63, 3.8) is 0 Å². The normalized spacial score (nSPS) is 27.0. The maximum absolute atomic E-state index is 11.6. The van der Waals surface area contributed by atoms with Gasteiger partial charge in [-0.3, -0.25) is 4.68 Å².